The number of hydrogen-bond donors (Lipinski definition) is 1. The van der Waals surface area contributed by atoms with Gasteiger partial charge in [0.05, 0.1) is 20.8 Å². The minimum absolute atomic E-state index is 0.00317. The summed E-state index contributed by atoms with van der Waals surface area (Å²) < 4.78 is 13.0. The van der Waals surface area contributed by atoms with E-state index in [0.717, 1.165) is 66.9 Å². The molecule has 0 saturated carbocycles. The summed E-state index contributed by atoms with van der Waals surface area (Å²) >= 11 is 0. The van der Waals surface area contributed by atoms with Crippen LogP contribution in [0, 0.1) is 0 Å². The van der Waals surface area contributed by atoms with Crippen molar-refractivity contribution in [2.45, 2.75) is 38.9 Å². The summed E-state index contributed by atoms with van der Waals surface area (Å²) in [6.45, 7) is 3.64. The molecule has 0 spiro atoms. The summed E-state index contributed by atoms with van der Waals surface area (Å²) in [5, 5.41) is 11.7. The fourth-order valence-electron chi connectivity index (χ4n) is 4.03. The molecule has 0 bridgehead atoms. The average molecular weight is 451 g/mol. The van der Waals surface area contributed by atoms with Crippen molar-refractivity contribution >= 4 is 5.91 Å². The first-order valence-electron chi connectivity index (χ1n) is 11.2. The van der Waals surface area contributed by atoms with E-state index in [1.807, 2.05) is 30.3 Å². The molecule has 1 N–H and O–H groups in total. The number of nitrogens with zero attached hydrogens (tertiary/aromatic N) is 5. The van der Waals surface area contributed by atoms with Crippen LogP contribution in [0.2, 0.25) is 0 Å². The van der Waals surface area contributed by atoms with Crippen LogP contribution < -0.4 is 14.8 Å². The van der Waals surface area contributed by atoms with Gasteiger partial charge in [0.1, 0.15) is 17.3 Å². The van der Waals surface area contributed by atoms with Crippen LogP contribution in [-0.2, 0) is 37.3 Å². The molecule has 0 atom stereocenters. The minimum Gasteiger partial charge on any atom is -0.497 e. The summed E-state index contributed by atoms with van der Waals surface area (Å²) in [6.07, 6.45) is 5.41. The van der Waals surface area contributed by atoms with Crippen molar-refractivity contribution in [2.75, 3.05) is 27.3 Å². The van der Waals surface area contributed by atoms with Crippen LogP contribution in [-0.4, -0.2) is 57.9 Å². The zero-order chi connectivity index (χ0) is 23.0. The standard InChI is InChI=1S/C24H30N6O3/c1-32-20-6-7-21(33-2)19(14-20)17-29-11-9-22-27-28-23(30(22)13-12-29)16-26-24(31)8-5-18-4-3-10-25-15-18/h3-4,6-7,10,14-15H,5,8-9,11-13,16-17H2,1-2H3,(H,26,31). The molecule has 0 saturated heterocycles. The Balaban J connectivity index is 1.32. The first-order chi connectivity index (χ1) is 16.2. The normalized spacial score (nSPS) is 13.8. The first kappa shape index (κ1) is 22.7. The number of methoxy groups -OCH3 is 2. The number of benzene rings is 1. The Morgan fingerprint density at radius 2 is 2.03 bits per heavy atom. The number of carbonyl (C=O) groups excluding carboxylic acids is 1. The molecule has 0 aliphatic carbocycles. The van der Waals surface area contributed by atoms with Crippen LogP contribution in [0.25, 0.3) is 0 Å². The topological polar surface area (TPSA) is 94.4 Å². The van der Waals surface area contributed by atoms with Gasteiger partial charge in [-0.1, -0.05) is 6.07 Å². The number of nitrogens with one attached hydrogen (secondary N) is 1. The van der Waals surface area contributed by atoms with Gasteiger partial charge in [0.15, 0.2) is 5.82 Å². The summed E-state index contributed by atoms with van der Waals surface area (Å²) in [5.41, 5.74) is 2.15. The SMILES string of the molecule is COc1ccc(OC)c(CN2CCc3nnc(CNC(=O)CCc4cccnc4)n3CC2)c1. The highest BCUT2D eigenvalue weighted by atomic mass is 16.5. The van der Waals surface area contributed by atoms with E-state index in [0.29, 0.717) is 19.4 Å². The third-order valence-electron chi connectivity index (χ3n) is 5.88. The molecule has 174 valence electrons. The maximum absolute atomic E-state index is 12.3. The zero-order valence-corrected chi connectivity index (χ0v) is 19.2. The molecule has 1 amide bonds. The number of ether oxygens (including phenoxy) is 2. The van der Waals surface area contributed by atoms with Gasteiger partial charge in [-0.05, 0) is 36.2 Å². The fraction of sp³-hybridized carbons (Fsp3) is 0.417. The van der Waals surface area contributed by atoms with E-state index in [2.05, 4.69) is 30.0 Å². The first-order valence-corrected chi connectivity index (χ1v) is 11.2. The Kier molecular flexibility index (Phi) is 7.51. The molecule has 1 aliphatic heterocycles. The Morgan fingerprint density at radius 1 is 1.12 bits per heavy atom. The van der Waals surface area contributed by atoms with Gasteiger partial charge < -0.3 is 19.4 Å². The molecule has 1 aromatic carbocycles. The van der Waals surface area contributed by atoms with Crippen molar-refractivity contribution in [3.63, 3.8) is 0 Å². The van der Waals surface area contributed by atoms with Crippen LogP contribution >= 0.6 is 0 Å². The molecule has 0 unspecified atom stereocenters. The highest BCUT2D eigenvalue weighted by Gasteiger charge is 2.20. The Bertz CT molecular complexity index is 1070. The molecule has 4 rings (SSSR count). The third kappa shape index (κ3) is 5.87. The van der Waals surface area contributed by atoms with Crippen LogP contribution in [0.1, 0.15) is 29.2 Å². The Morgan fingerprint density at radius 3 is 2.82 bits per heavy atom. The second kappa shape index (κ2) is 10.9. The molecule has 0 radical (unpaired) electrons. The lowest BCUT2D eigenvalue weighted by Crippen LogP contribution is -2.28. The number of hydrogen-bond acceptors (Lipinski definition) is 7. The van der Waals surface area contributed by atoms with Crippen molar-refractivity contribution in [2.24, 2.45) is 0 Å². The van der Waals surface area contributed by atoms with Crippen molar-refractivity contribution < 1.29 is 14.3 Å². The minimum atomic E-state index is -0.00317. The predicted molar refractivity (Wildman–Crippen MR) is 123 cm³/mol. The van der Waals surface area contributed by atoms with Gasteiger partial charge in [-0.2, -0.15) is 0 Å². The lowest BCUT2D eigenvalue weighted by Gasteiger charge is -2.21. The highest BCUT2D eigenvalue weighted by molar-refractivity contribution is 5.76. The second-order valence-electron chi connectivity index (χ2n) is 8.03. The van der Waals surface area contributed by atoms with Crippen molar-refractivity contribution in [3.8, 4) is 11.5 Å². The quantitative estimate of drug-likeness (QED) is 0.533. The van der Waals surface area contributed by atoms with Crippen molar-refractivity contribution in [1.29, 1.82) is 0 Å². The molecule has 1 aliphatic rings. The Labute approximate surface area is 193 Å². The van der Waals surface area contributed by atoms with Gasteiger partial charge in [-0.3, -0.25) is 14.7 Å². The number of fused-ring (bicyclic) bond motifs is 1. The molecule has 0 fully saturated rings. The predicted octanol–water partition coefficient (Wildman–Crippen LogP) is 2.00. The molecule has 3 aromatic rings. The number of carbonyl (C=O) groups is 1. The number of pyridine rings is 1. The maximum atomic E-state index is 12.3. The van der Waals surface area contributed by atoms with Crippen molar-refractivity contribution in [3.05, 3.63) is 65.5 Å². The van der Waals surface area contributed by atoms with Gasteiger partial charge in [0.25, 0.3) is 0 Å². The van der Waals surface area contributed by atoms with E-state index in [1.54, 1.807) is 26.6 Å². The van der Waals surface area contributed by atoms with Crippen LogP contribution in [0.4, 0.5) is 0 Å². The van der Waals surface area contributed by atoms with Crippen LogP contribution in [0.3, 0.4) is 0 Å². The number of amides is 1. The highest BCUT2D eigenvalue weighted by Crippen LogP contribution is 2.26. The summed E-state index contributed by atoms with van der Waals surface area (Å²) in [6, 6.07) is 9.73. The average Bonchev–Trinajstić information content (AvgIpc) is 3.13. The monoisotopic (exact) mass is 450 g/mol. The lowest BCUT2D eigenvalue weighted by atomic mass is 10.1. The van der Waals surface area contributed by atoms with E-state index in [1.165, 1.54) is 0 Å². The van der Waals surface area contributed by atoms with Gasteiger partial charge in [0, 0.05) is 57.0 Å². The smallest absolute Gasteiger partial charge is 0.220 e. The van der Waals surface area contributed by atoms with E-state index < -0.39 is 0 Å². The van der Waals surface area contributed by atoms with Crippen molar-refractivity contribution in [1.82, 2.24) is 30.0 Å². The van der Waals surface area contributed by atoms with E-state index in [9.17, 15) is 4.79 Å². The summed E-state index contributed by atoms with van der Waals surface area (Å²) in [7, 11) is 3.36. The molecular formula is C24H30N6O3. The zero-order valence-electron chi connectivity index (χ0n) is 19.2. The van der Waals surface area contributed by atoms with E-state index in [4.69, 9.17) is 9.47 Å². The van der Waals surface area contributed by atoms with Gasteiger partial charge in [-0.15, -0.1) is 10.2 Å². The fourth-order valence-corrected chi connectivity index (χ4v) is 4.03. The van der Waals surface area contributed by atoms with Gasteiger partial charge >= 0.3 is 0 Å². The molecule has 9 heteroatoms. The Hall–Kier alpha value is -3.46. The number of aryl methyl sites for hydroxylation is 1. The lowest BCUT2D eigenvalue weighted by molar-refractivity contribution is -0.121. The molecular weight excluding hydrogens is 420 g/mol. The second-order valence-corrected chi connectivity index (χ2v) is 8.03. The van der Waals surface area contributed by atoms with Crippen LogP contribution in [0.15, 0.2) is 42.7 Å². The summed E-state index contributed by atoms with van der Waals surface area (Å²) in [4.78, 5) is 18.8. The van der Waals surface area contributed by atoms with Gasteiger partial charge in [0.2, 0.25) is 5.91 Å². The van der Waals surface area contributed by atoms with E-state index in [-0.39, 0.29) is 5.91 Å². The third-order valence-corrected chi connectivity index (χ3v) is 5.88. The number of aromatic nitrogens is 4. The maximum Gasteiger partial charge on any atom is 0.220 e. The van der Waals surface area contributed by atoms with E-state index >= 15 is 0 Å². The van der Waals surface area contributed by atoms with Crippen LogP contribution in [0.5, 0.6) is 11.5 Å². The molecule has 9 nitrogen and oxygen atoms in total. The molecule has 3 heterocycles. The molecule has 2 aromatic heterocycles. The van der Waals surface area contributed by atoms with Gasteiger partial charge in [-0.25, -0.2) is 0 Å². The largest absolute Gasteiger partial charge is 0.497 e. The molecule has 33 heavy (non-hydrogen) atoms. The number of rotatable bonds is 9. The summed E-state index contributed by atoms with van der Waals surface area (Å²) in [5.74, 6) is 3.42.